The second-order valence-electron chi connectivity index (χ2n) is 10.6. The lowest BCUT2D eigenvalue weighted by Gasteiger charge is -2.55. The Balaban J connectivity index is 1.18. The molecule has 1 aromatic carbocycles. The van der Waals surface area contributed by atoms with Crippen molar-refractivity contribution in [1.82, 2.24) is 14.5 Å². The zero-order valence-corrected chi connectivity index (χ0v) is 20.6. The van der Waals surface area contributed by atoms with E-state index in [4.69, 9.17) is 11.6 Å². The van der Waals surface area contributed by atoms with Crippen LogP contribution in [-0.4, -0.2) is 61.7 Å². The SMILES string of the molecule is C[C@H](NC(=O)C12CC3CC(CC(C3)C1)C2)C(=O)N1CCN(S(=O)(=O)c2cccc(Cl)c2)CC1. The molecule has 0 aromatic heterocycles. The third-order valence-electron chi connectivity index (χ3n) is 8.22. The minimum Gasteiger partial charge on any atom is -0.344 e. The second-order valence-corrected chi connectivity index (χ2v) is 13.0. The first-order valence-corrected chi connectivity index (χ1v) is 13.8. The minimum absolute atomic E-state index is 0.0459. The van der Waals surface area contributed by atoms with Gasteiger partial charge in [0.25, 0.3) is 0 Å². The van der Waals surface area contributed by atoms with Crippen LogP contribution in [0.3, 0.4) is 0 Å². The van der Waals surface area contributed by atoms with Gasteiger partial charge < -0.3 is 10.2 Å². The predicted molar refractivity (Wildman–Crippen MR) is 125 cm³/mol. The molecule has 4 aliphatic carbocycles. The fraction of sp³-hybridized carbons (Fsp3) is 0.667. The maximum Gasteiger partial charge on any atom is 0.244 e. The van der Waals surface area contributed by atoms with Crippen molar-refractivity contribution in [3.63, 3.8) is 0 Å². The Morgan fingerprint density at radius 1 is 1.03 bits per heavy atom. The Hall–Kier alpha value is -1.64. The summed E-state index contributed by atoms with van der Waals surface area (Å²) in [6.07, 6.45) is 6.69. The summed E-state index contributed by atoms with van der Waals surface area (Å²) in [7, 11) is -3.66. The molecule has 7 nitrogen and oxygen atoms in total. The van der Waals surface area contributed by atoms with Crippen molar-refractivity contribution in [2.75, 3.05) is 26.2 Å². The molecule has 1 aromatic rings. The molecule has 0 unspecified atom stereocenters. The number of rotatable bonds is 5. The van der Waals surface area contributed by atoms with Crippen LogP contribution in [0, 0.1) is 23.2 Å². The van der Waals surface area contributed by atoms with Crippen molar-refractivity contribution >= 4 is 33.4 Å². The molecule has 2 amide bonds. The Bertz CT molecular complexity index is 1020. The van der Waals surface area contributed by atoms with E-state index in [2.05, 4.69) is 5.32 Å². The van der Waals surface area contributed by atoms with Gasteiger partial charge in [-0.15, -0.1) is 0 Å². The van der Waals surface area contributed by atoms with E-state index in [0.717, 1.165) is 19.3 Å². The van der Waals surface area contributed by atoms with Crippen molar-refractivity contribution in [2.45, 2.75) is 56.4 Å². The molecule has 9 heteroatoms. The molecule has 1 aliphatic heterocycles. The average molecular weight is 494 g/mol. The number of nitrogens with zero attached hydrogens (tertiary/aromatic N) is 2. The van der Waals surface area contributed by atoms with Gasteiger partial charge in [-0.1, -0.05) is 17.7 Å². The number of carbonyl (C=O) groups excluding carboxylic acids is 2. The van der Waals surface area contributed by atoms with Gasteiger partial charge in [0.1, 0.15) is 6.04 Å². The predicted octanol–water partition coefficient (Wildman–Crippen LogP) is 2.89. The molecule has 180 valence electrons. The summed E-state index contributed by atoms with van der Waals surface area (Å²) in [4.78, 5) is 28.2. The summed E-state index contributed by atoms with van der Waals surface area (Å²) in [5, 5.41) is 3.40. The van der Waals surface area contributed by atoms with Crippen molar-refractivity contribution in [2.24, 2.45) is 23.2 Å². The molecular formula is C24H32ClN3O4S. The number of carbonyl (C=O) groups is 2. The standard InChI is InChI=1S/C24H32ClN3O4S/c1-16(26-23(30)24-13-17-9-18(14-24)11-19(10-17)15-24)22(29)27-5-7-28(8-6-27)33(31,32)21-4-2-3-20(25)12-21/h2-4,12,16-19H,5-11,13-15H2,1H3,(H,26,30)/t16-,17?,18?,19?,24?/m0/s1. The fourth-order valence-corrected chi connectivity index (χ4v) is 8.72. The zero-order chi connectivity index (χ0) is 23.4. The highest BCUT2D eigenvalue weighted by Crippen LogP contribution is 2.60. The van der Waals surface area contributed by atoms with Gasteiger partial charge >= 0.3 is 0 Å². The summed E-state index contributed by atoms with van der Waals surface area (Å²) in [5.74, 6) is 1.91. The van der Waals surface area contributed by atoms with E-state index in [1.54, 1.807) is 24.0 Å². The summed E-state index contributed by atoms with van der Waals surface area (Å²) in [5.41, 5.74) is -0.285. The lowest BCUT2D eigenvalue weighted by atomic mass is 9.49. The normalized spacial score (nSPS) is 32.5. The highest BCUT2D eigenvalue weighted by molar-refractivity contribution is 7.89. The highest BCUT2D eigenvalue weighted by atomic mass is 35.5. The Morgan fingerprint density at radius 3 is 2.15 bits per heavy atom. The molecule has 33 heavy (non-hydrogen) atoms. The first-order valence-electron chi connectivity index (χ1n) is 12.0. The van der Waals surface area contributed by atoms with Gasteiger partial charge in [0.2, 0.25) is 21.8 Å². The second kappa shape index (κ2) is 8.54. The van der Waals surface area contributed by atoms with Crippen LogP contribution in [0.25, 0.3) is 0 Å². The van der Waals surface area contributed by atoms with E-state index in [0.29, 0.717) is 35.9 Å². The largest absolute Gasteiger partial charge is 0.344 e. The third kappa shape index (κ3) is 4.30. The summed E-state index contributed by atoms with van der Waals surface area (Å²) in [6, 6.07) is 5.61. The number of amides is 2. The Morgan fingerprint density at radius 2 is 1.61 bits per heavy atom. The zero-order valence-electron chi connectivity index (χ0n) is 19.0. The van der Waals surface area contributed by atoms with E-state index in [9.17, 15) is 18.0 Å². The van der Waals surface area contributed by atoms with Crippen molar-refractivity contribution < 1.29 is 18.0 Å². The number of nitrogens with one attached hydrogen (secondary N) is 1. The van der Waals surface area contributed by atoms with Crippen LogP contribution in [-0.2, 0) is 19.6 Å². The quantitative estimate of drug-likeness (QED) is 0.683. The van der Waals surface area contributed by atoms with Gasteiger partial charge in [-0.25, -0.2) is 8.42 Å². The van der Waals surface area contributed by atoms with Gasteiger partial charge in [-0.05, 0) is 81.4 Å². The summed E-state index contributed by atoms with van der Waals surface area (Å²) >= 11 is 5.96. The Labute approximate surface area is 200 Å². The number of piperazine rings is 1. The van der Waals surface area contributed by atoms with Crippen LogP contribution < -0.4 is 5.32 Å². The van der Waals surface area contributed by atoms with Crippen LogP contribution in [0.15, 0.2) is 29.2 Å². The Kier molecular flexibility index (Phi) is 5.98. The lowest BCUT2D eigenvalue weighted by Crippen LogP contribution is -2.58. The van der Waals surface area contributed by atoms with Crippen molar-refractivity contribution in [3.8, 4) is 0 Å². The van der Waals surface area contributed by atoms with E-state index in [-0.39, 0.29) is 35.2 Å². The molecule has 6 rings (SSSR count). The number of hydrogen-bond donors (Lipinski definition) is 1. The topological polar surface area (TPSA) is 86.8 Å². The van der Waals surface area contributed by atoms with Gasteiger partial charge in [-0.2, -0.15) is 4.31 Å². The van der Waals surface area contributed by atoms with Crippen LogP contribution >= 0.6 is 11.6 Å². The van der Waals surface area contributed by atoms with Gasteiger partial charge in [0.05, 0.1) is 4.90 Å². The molecule has 1 saturated heterocycles. The van der Waals surface area contributed by atoms with E-state index in [1.165, 1.54) is 35.7 Å². The van der Waals surface area contributed by atoms with Crippen molar-refractivity contribution in [1.29, 1.82) is 0 Å². The third-order valence-corrected chi connectivity index (χ3v) is 10.4. The molecule has 4 saturated carbocycles. The minimum atomic E-state index is -3.66. The monoisotopic (exact) mass is 493 g/mol. The van der Waals surface area contributed by atoms with Crippen molar-refractivity contribution in [3.05, 3.63) is 29.3 Å². The van der Waals surface area contributed by atoms with E-state index < -0.39 is 16.1 Å². The fourth-order valence-electron chi connectivity index (χ4n) is 7.00. The van der Waals surface area contributed by atoms with Crippen LogP contribution in [0.1, 0.15) is 45.4 Å². The molecule has 1 heterocycles. The van der Waals surface area contributed by atoms with Gasteiger partial charge in [-0.3, -0.25) is 9.59 Å². The first-order chi connectivity index (χ1) is 15.7. The maximum atomic E-state index is 13.3. The van der Waals surface area contributed by atoms with Crippen LogP contribution in [0.2, 0.25) is 5.02 Å². The molecule has 0 spiro atoms. The van der Waals surface area contributed by atoms with Gasteiger partial charge in [0.15, 0.2) is 0 Å². The molecule has 5 fully saturated rings. The van der Waals surface area contributed by atoms with Crippen LogP contribution in [0.4, 0.5) is 0 Å². The molecule has 5 aliphatic rings. The number of sulfonamides is 1. The van der Waals surface area contributed by atoms with E-state index >= 15 is 0 Å². The molecule has 1 atom stereocenters. The maximum absolute atomic E-state index is 13.3. The lowest BCUT2D eigenvalue weighted by molar-refractivity contribution is -0.149. The molecule has 1 N–H and O–H groups in total. The molecule has 4 bridgehead atoms. The average Bonchev–Trinajstić information content (AvgIpc) is 2.77. The smallest absolute Gasteiger partial charge is 0.244 e. The molecular weight excluding hydrogens is 462 g/mol. The first kappa shape index (κ1) is 23.1. The number of hydrogen-bond acceptors (Lipinski definition) is 4. The summed E-state index contributed by atoms with van der Waals surface area (Å²) < 4.78 is 27.2. The highest BCUT2D eigenvalue weighted by Gasteiger charge is 2.54. The summed E-state index contributed by atoms with van der Waals surface area (Å²) in [6.45, 7) is 2.79. The van der Waals surface area contributed by atoms with Gasteiger partial charge in [0, 0.05) is 36.6 Å². The van der Waals surface area contributed by atoms with E-state index in [1.807, 2.05) is 0 Å². The number of halogens is 1. The number of benzene rings is 1. The molecule has 0 radical (unpaired) electrons. The van der Waals surface area contributed by atoms with Crippen LogP contribution in [0.5, 0.6) is 0 Å².